The third-order valence-electron chi connectivity index (χ3n) is 3.16. The van der Waals surface area contributed by atoms with Crippen LogP contribution in [0.1, 0.15) is 22.3 Å². The zero-order chi connectivity index (χ0) is 15.8. The Balaban J connectivity index is 1.86. The molecule has 1 atom stereocenters. The number of carbonyl (C=O) groups excluding carboxylic acids is 1. The standard InChI is InChI=1S/C16H21N3O2S/c1-21-8-7-18-15(20)10-13-11-22-16(19-13)14(17)9-12-5-3-2-4-6-12/h2-6,11,14H,7-10,17H2,1H3,(H,18,20). The molecule has 0 bridgehead atoms. The molecule has 0 saturated heterocycles. The number of methoxy groups -OCH3 is 1. The fraction of sp³-hybridized carbons (Fsp3) is 0.375. The fourth-order valence-electron chi connectivity index (χ4n) is 2.05. The van der Waals surface area contributed by atoms with Crippen LogP contribution in [0.2, 0.25) is 0 Å². The van der Waals surface area contributed by atoms with Gasteiger partial charge in [-0.25, -0.2) is 4.98 Å². The molecule has 1 aromatic heterocycles. The van der Waals surface area contributed by atoms with Crippen LogP contribution in [0, 0.1) is 0 Å². The van der Waals surface area contributed by atoms with E-state index in [2.05, 4.69) is 22.4 Å². The Morgan fingerprint density at radius 3 is 2.91 bits per heavy atom. The molecule has 0 radical (unpaired) electrons. The zero-order valence-corrected chi connectivity index (χ0v) is 13.4. The van der Waals surface area contributed by atoms with E-state index >= 15 is 0 Å². The van der Waals surface area contributed by atoms with Gasteiger partial charge in [0.15, 0.2) is 0 Å². The van der Waals surface area contributed by atoms with Crippen LogP contribution in [0.3, 0.4) is 0 Å². The first-order chi connectivity index (χ1) is 10.7. The van der Waals surface area contributed by atoms with Crippen molar-refractivity contribution in [1.82, 2.24) is 10.3 Å². The lowest BCUT2D eigenvalue weighted by atomic mass is 10.1. The fourth-order valence-corrected chi connectivity index (χ4v) is 2.87. The number of nitrogens with zero attached hydrogens (tertiary/aromatic N) is 1. The molecule has 2 rings (SSSR count). The topological polar surface area (TPSA) is 77.2 Å². The van der Waals surface area contributed by atoms with Crippen molar-refractivity contribution in [2.24, 2.45) is 5.73 Å². The molecule has 1 heterocycles. The van der Waals surface area contributed by atoms with Gasteiger partial charge in [-0.3, -0.25) is 4.79 Å². The second-order valence-corrected chi connectivity index (χ2v) is 5.88. The van der Waals surface area contributed by atoms with Crippen LogP contribution >= 0.6 is 11.3 Å². The summed E-state index contributed by atoms with van der Waals surface area (Å²) in [6, 6.07) is 9.95. The number of amides is 1. The van der Waals surface area contributed by atoms with Crippen LogP contribution in [-0.2, 0) is 22.4 Å². The highest BCUT2D eigenvalue weighted by molar-refractivity contribution is 7.09. The number of rotatable bonds is 8. The highest BCUT2D eigenvalue weighted by Gasteiger charge is 2.13. The van der Waals surface area contributed by atoms with Crippen LogP contribution in [0.15, 0.2) is 35.7 Å². The average Bonchev–Trinajstić information content (AvgIpc) is 2.97. The number of nitrogens with one attached hydrogen (secondary N) is 1. The first kappa shape index (κ1) is 16.6. The highest BCUT2D eigenvalue weighted by atomic mass is 32.1. The molecule has 0 saturated carbocycles. The van der Waals surface area contributed by atoms with E-state index in [1.807, 2.05) is 23.6 Å². The van der Waals surface area contributed by atoms with Crippen molar-refractivity contribution < 1.29 is 9.53 Å². The normalized spacial score (nSPS) is 12.1. The van der Waals surface area contributed by atoms with Gasteiger partial charge in [0, 0.05) is 19.0 Å². The van der Waals surface area contributed by atoms with Gasteiger partial charge in [0.1, 0.15) is 5.01 Å². The smallest absolute Gasteiger partial charge is 0.226 e. The largest absolute Gasteiger partial charge is 0.383 e. The van der Waals surface area contributed by atoms with Crippen molar-refractivity contribution in [3.63, 3.8) is 0 Å². The summed E-state index contributed by atoms with van der Waals surface area (Å²) in [7, 11) is 1.60. The molecule has 0 aliphatic rings. The minimum Gasteiger partial charge on any atom is -0.383 e. The predicted molar refractivity (Wildman–Crippen MR) is 87.8 cm³/mol. The molecule has 0 spiro atoms. The summed E-state index contributed by atoms with van der Waals surface area (Å²) in [6.45, 7) is 1.02. The monoisotopic (exact) mass is 319 g/mol. The van der Waals surface area contributed by atoms with E-state index in [4.69, 9.17) is 10.5 Å². The van der Waals surface area contributed by atoms with Gasteiger partial charge in [0.2, 0.25) is 5.91 Å². The van der Waals surface area contributed by atoms with Crippen molar-refractivity contribution in [3.05, 3.63) is 52.0 Å². The lowest BCUT2D eigenvalue weighted by molar-refractivity contribution is -0.120. The van der Waals surface area contributed by atoms with Crippen LogP contribution in [0.25, 0.3) is 0 Å². The number of aromatic nitrogens is 1. The van der Waals surface area contributed by atoms with Gasteiger partial charge >= 0.3 is 0 Å². The maximum atomic E-state index is 11.7. The summed E-state index contributed by atoms with van der Waals surface area (Å²) in [5, 5.41) is 5.54. The van der Waals surface area contributed by atoms with Gasteiger partial charge in [0.05, 0.1) is 24.8 Å². The lowest BCUT2D eigenvalue weighted by Gasteiger charge is -2.08. The second kappa shape index (κ2) is 8.63. The molecular formula is C16H21N3O2S. The molecule has 6 heteroatoms. The molecule has 2 aromatic rings. The van der Waals surface area contributed by atoms with Crippen LogP contribution in [-0.4, -0.2) is 31.2 Å². The molecule has 0 fully saturated rings. The SMILES string of the molecule is COCCNC(=O)Cc1csc(C(N)Cc2ccccc2)n1. The molecule has 1 aromatic carbocycles. The molecule has 1 unspecified atom stereocenters. The van der Waals surface area contributed by atoms with Crippen molar-refractivity contribution >= 4 is 17.2 Å². The number of benzene rings is 1. The van der Waals surface area contributed by atoms with Crippen LogP contribution in [0.5, 0.6) is 0 Å². The van der Waals surface area contributed by atoms with Gasteiger partial charge in [0.25, 0.3) is 0 Å². The molecule has 1 amide bonds. The highest BCUT2D eigenvalue weighted by Crippen LogP contribution is 2.20. The number of hydrogen-bond acceptors (Lipinski definition) is 5. The molecule has 22 heavy (non-hydrogen) atoms. The summed E-state index contributed by atoms with van der Waals surface area (Å²) in [5.41, 5.74) is 8.15. The Kier molecular flexibility index (Phi) is 6.51. The van der Waals surface area contributed by atoms with Crippen LogP contribution in [0.4, 0.5) is 0 Å². The molecule has 3 N–H and O–H groups in total. The van der Waals surface area contributed by atoms with E-state index in [-0.39, 0.29) is 18.4 Å². The molecule has 5 nitrogen and oxygen atoms in total. The van der Waals surface area contributed by atoms with E-state index < -0.39 is 0 Å². The maximum absolute atomic E-state index is 11.7. The zero-order valence-electron chi connectivity index (χ0n) is 12.6. The Bertz CT molecular complexity index is 586. The summed E-state index contributed by atoms with van der Waals surface area (Å²) < 4.78 is 4.89. The Morgan fingerprint density at radius 1 is 1.41 bits per heavy atom. The van der Waals surface area contributed by atoms with Crippen molar-refractivity contribution in [2.75, 3.05) is 20.3 Å². The lowest BCUT2D eigenvalue weighted by Crippen LogP contribution is -2.28. The van der Waals surface area contributed by atoms with E-state index in [1.54, 1.807) is 7.11 Å². The number of nitrogens with two attached hydrogens (primary N) is 1. The van der Waals surface area contributed by atoms with Gasteiger partial charge in [-0.2, -0.15) is 0 Å². The summed E-state index contributed by atoms with van der Waals surface area (Å²) in [6.07, 6.45) is 1.02. The Hall–Kier alpha value is -1.76. The summed E-state index contributed by atoms with van der Waals surface area (Å²) in [4.78, 5) is 16.2. The summed E-state index contributed by atoms with van der Waals surface area (Å²) >= 11 is 1.51. The van der Waals surface area contributed by atoms with Gasteiger partial charge in [-0.1, -0.05) is 30.3 Å². The molecule has 118 valence electrons. The van der Waals surface area contributed by atoms with E-state index in [1.165, 1.54) is 16.9 Å². The van der Waals surface area contributed by atoms with E-state index in [0.29, 0.717) is 13.2 Å². The van der Waals surface area contributed by atoms with Gasteiger partial charge in [-0.05, 0) is 12.0 Å². The summed E-state index contributed by atoms with van der Waals surface area (Å²) in [5.74, 6) is -0.0504. The maximum Gasteiger partial charge on any atom is 0.226 e. The van der Waals surface area contributed by atoms with Crippen molar-refractivity contribution in [1.29, 1.82) is 0 Å². The van der Waals surface area contributed by atoms with E-state index in [9.17, 15) is 4.79 Å². The van der Waals surface area contributed by atoms with Gasteiger partial charge < -0.3 is 15.8 Å². The Labute approximate surface area is 134 Å². The van der Waals surface area contributed by atoms with Crippen LogP contribution < -0.4 is 11.1 Å². The molecular weight excluding hydrogens is 298 g/mol. The van der Waals surface area contributed by atoms with Crippen molar-refractivity contribution in [3.8, 4) is 0 Å². The van der Waals surface area contributed by atoms with E-state index in [0.717, 1.165) is 17.1 Å². The van der Waals surface area contributed by atoms with Gasteiger partial charge in [-0.15, -0.1) is 11.3 Å². The second-order valence-electron chi connectivity index (χ2n) is 4.99. The first-order valence-corrected chi connectivity index (χ1v) is 8.06. The minimum atomic E-state index is -0.141. The predicted octanol–water partition coefficient (Wildman–Crippen LogP) is 1.69. The number of carbonyl (C=O) groups is 1. The number of thiazole rings is 1. The third kappa shape index (κ3) is 5.22. The average molecular weight is 319 g/mol. The Morgan fingerprint density at radius 2 is 2.18 bits per heavy atom. The first-order valence-electron chi connectivity index (χ1n) is 7.18. The minimum absolute atomic E-state index is 0.0504. The molecule has 0 aliphatic heterocycles. The third-order valence-corrected chi connectivity index (χ3v) is 4.18. The quantitative estimate of drug-likeness (QED) is 0.726. The molecule has 0 aliphatic carbocycles. The number of hydrogen-bond donors (Lipinski definition) is 2. The van der Waals surface area contributed by atoms with Crippen molar-refractivity contribution in [2.45, 2.75) is 18.9 Å². The number of ether oxygens (including phenoxy) is 1.